The molecule has 0 amide bonds. The third-order valence-corrected chi connectivity index (χ3v) is 11.9. The Hall–Kier alpha value is -2.97. The molecule has 0 aromatic heterocycles. The lowest BCUT2D eigenvalue weighted by Gasteiger charge is -2.36. The van der Waals surface area contributed by atoms with Crippen molar-refractivity contribution in [3.8, 4) is 22.6 Å². The first-order chi connectivity index (χ1) is 26.4. The van der Waals surface area contributed by atoms with Crippen molar-refractivity contribution in [1.82, 2.24) is 0 Å². The number of hydrogen-bond donors (Lipinski definition) is 1. The van der Waals surface area contributed by atoms with Gasteiger partial charge < -0.3 is 37.7 Å². The minimum absolute atomic E-state index is 0.729. The molecule has 0 radical (unpaired) electrons. The van der Waals surface area contributed by atoms with Crippen LogP contribution in [-0.4, -0.2) is 66.3 Å². The zero-order chi connectivity index (χ0) is 40.5. The number of quaternary nitrogens is 2. The highest BCUT2D eigenvalue weighted by Crippen LogP contribution is 2.46. The van der Waals surface area contributed by atoms with E-state index < -0.39 is 7.82 Å². The zero-order valence-electron chi connectivity index (χ0n) is 35.3. The maximum absolute atomic E-state index is 8.66. The van der Waals surface area contributed by atoms with Gasteiger partial charge in [-0.3, -0.25) is 0 Å². The molecule has 9 heteroatoms. The predicted octanol–water partition coefficient (Wildman–Crippen LogP) is 10.1. The second-order valence-electron chi connectivity index (χ2n) is 15.2. The van der Waals surface area contributed by atoms with Gasteiger partial charge in [-0.25, -0.2) is 0 Å². The van der Waals surface area contributed by atoms with Crippen LogP contribution in [0.4, 0.5) is 0 Å². The fraction of sp³-hybridized carbons (Fsp3) is 0.565. The molecule has 8 nitrogen and oxygen atoms in total. The number of nitrogens with zero attached hydrogens (tertiary/aromatic N) is 2. The summed E-state index contributed by atoms with van der Waals surface area (Å²) in [5.41, 5.74) is 5.16. The van der Waals surface area contributed by atoms with Crippen molar-refractivity contribution >= 4 is 29.4 Å². The van der Waals surface area contributed by atoms with Crippen LogP contribution < -0.4 is 19.3 Å². The van der Waals surface area contributed by atoms with Crippen molar-refractivity contribution < 1.29 is 37.7 Å². The van der Waals surface area contributed by atoms with E-state index in [9.17, 15) is 0 Å². The van der Waals surface area contributed by atoms with Crippen LogP contribution >= 0.6 is 7.82 Å². The minimum atomic E-state index is -5.14. The van der Waals surface area contributed by atoms with E-state index in [0.29, 0.717) is 0 Å². The highest BCUT2D eigenvalue weighted by atomic mass is 31.2. The molecule has 4 aromatic carbocycles. The third-order valence-electron chi connectivity index (χ3n) is 11.9. The lowest BCUT2D eigenvalue weighted by Crippen LogP contribution is -2.46. The van der Waals surface area contributed by atoms with Gasteiger partial charge in [0.15, 0.2) is 0 Å². The van der Waals surface area contributed by atoms with Gasteiger partial charge in [0.05, 0.1) is 60.3 Å². The van der Waals surface area contributed by atoms with E-state index in [1.54, 1.807) is 0 Å². The Kier molecular flexibility index (Phi) is 19.1. The largest absolute Gasteiger partial charge is 0.790 e. The number of hydrogen-bond acceptors (Lipinski definition) is 5. The van der Waals surface area contributed by atoms with Crippen LogP contribution in [-0.2, 0) is 17.7 Å². The van der Waals surface area contributed by atoms with E-state index in [-0.39, 0.29) is 0 Å². The normalized spacial score (nSPS) is 12.2. The Labute approximate surface area is 332 Å². The lowest BCUT2D eigenvalue weighted by atomic mass is 9.90. The molecule has 0 spiro atoms. The van der Waals surface area contributed by atoms with Gasteiger partial charge in [0, 0.05) is 22.3 Å². The van der Waals surface area contributed by atoms with Gasteiger partial charge in [0.25, 0.3) is 0 Å². The van der Waals surface area contributed by atoms with Crippen LogP contribution in [0.25, 0.3) is 32.7 Å². The second kappa shape index (κ2) is 22.7. The molecule has 55 heavy (non-hydrogen) atoms. The van der Waals surface area contributed by atoms with E-state index in [2.05, 4.69) is 116 Å². The van der Waals surface area contributed by atoms with Crippen molar-refractivity contribution in [3.05, 3.63) is 71.8 Å². The molecule has 0 fully saturated rings. The molecule has 4 rings (SSSR count). The Balaban J connectivity index is 0.00000152. The number of fused-ring (bicyclic) bond motifs is 2. The van der Waals surface area contributed by atoms with Gasteiger partial charge in [-0.2, -0.15) is 0 Å². The maximum atomic E-state index is 8.66. The summed E-state index contributed by atoms with van der Waals surface area (Å²) in [6, 6.07) is 23.4. The number of phosphoric acid groups is 1. The van der Waals surface area contributed by atoms with E-state index in [1.807, 2.05) is 0 Å². The van der Waals surface area contributed by atoms with Crippen LogP contribution in [0.1, 0.15) is 118 Å². The number of benzene rings is 4. The molecule has 0 saturated carbocycles. The van der Waals surface area contributed by atoms with E-state index in [0.717, 1.165) is 98.9 Å². The molecule has 0 bridgehead atoms. The smallest absolute Gasteiger partial charge is 0.127 e. The highest BCUT2D eigenvalue weighted by Gasteiger charge is 2.25. The first-order valence-corrected chi connectivity index (χ1v) is 22.7. The Bertz CT molecular complexity index is 1650. The van der Waals surface area contributed by atoms with Crippen LogP contribution in [0.15, 0.2) is 60.7 Å². The average molecular weight is 779 g/mol. The van der Waals surface area contributed by atoms with Gasteiger partial charge in [-0.15, -0.1) is 0 Å². The molecule has 0 heterocycles. The van der Waals surface area contributed by atoms with Crippen molar-refractivity contribution in [2.45, 2.75) is 120 Å². The molecule has 0 unspecified atom stereocenters. The van der Waals surface area contributed by atoms with Crippen LogP contribution in [0.2, 0.25) is 0 Å². The van der Waals surface area contributed by atoms with E-state index in [4.69, 9.17) is 28.7 Å². The summed E-state index contributed by atoms with van der Waals surface area (Å²) in [5, 5.41) is 5.04. The molecular weight excluding hydrogens is 707 g/mol. The van der Waals surface area contributed by atoms with Crippen molar-refractivity contribution in [1.29, 1.82) is 0 Å². The van der Waals surface area contributed by atoms with E-state index >= 15 is 0 Å². The first-order valence-electron chi connectivity index (χ1n) is 21.2. The van der Waals surface area contributed by atoms with Gasteiger partial charge in [0.2, 0.25) is 0 Å². The summed E-state index contributed by atoms with van der Waals surface area (Å²) in [6.45, 7) is 29.0. The summed E-state index contributed by atoms with van der Waals surface area (Å²) in [5.74, 6) is 1.93. The van der Waals surface area contributed by atoms with Gasteiger partial charge in [-0.05, 0) is 100 Å². The molecule has 4 aromatic rings. The molecule has 0 aliphatic carbocycles. The molecule has 1 N–H and O–H groups in total. The topological polar surface area (TPSA) is 102 Å². The summed E-state index contributed by atoms with van der Waals surface area (Å²) < 4.78 is 24.4. The van der Waals surface area contributed by atoms with Crippen LogP contribution in [0.5, 0.6) is 11.5 Å². The summed E-state index contributed by atoms with van der Waals surface area (Å²) in [7, 11) is -5.14. The number of rotatable bonds is 23. The predicted molar refractivity (Wildman–Crippen MR) is 227 cm³/mol. The quantitative estimate of drug-likeness (QED) is 0.0457. The molecular formula is C46H71N2O6P. The molecule has 0 saturated heterocycles. The molecule has 306 valence electrons. The first kappa shape index (κ1) is 46.4. The van der Waals surface area contributed by atoms with Crippen molar-refractivity contribution in [2.75, 3.05) is 52.5 Å². The van der Waals surface area contributed by atoms with Crippen LogP contribution in [0, 0.1) is 0 Å². The maximum Gasteiger partial charge on any atom is 0.127 e. The van der Waals surface area contributed by atoms with Gasteiger partial charge >= 0.3 is 0 Å². The minimum Gasteiger partial charge on any atom is -0.790 e. The van der Waals surface area contributed by atoms with Crippen molar-refractivity contribution in [2.24, 2.45) is 0 Å². The third kappa shape index (κ3) is 13.6. The summed E-state index contributed by atoms with van der Waals surface area (Å²) >= 11 is 0. The Morgan fingerprint density at radius 2 is 0.873 bits per heavy atom. The zero-order valence-corrected chi connectivity index (χ0v) is 36.2. The highest BCUT2D eigenvalue weighted by molar-refractivity contribution is 7.42. The fourth-order valence-corrected chi connectivity index (χ4v) is 7.88. The monoisotopic (exact) mass is 779 g/mol. The fourth-order valence-electron chi connectivity index (χ4n) is 7.88. The summed E-state index contributed by atoms with van der Waals surface area (Å²) in [4.78, 5) is 24.3. The van der Waals surface area contributed by atoms with Gasteiger partial charge in [0.1, 0.15) is 24.6 Å². The van der Waals surface area contributed by atoms with Crippen LogP contribution in [0.3, 0.4) is 0 Å². The standard InChI is InChI=1S/C46H70N2O2.H3O4P/c1-9-17-19-21-31-49-43-29-25-39-33-37(35-47(11-3,12-4)13-5)23-27-41(39)45(43)46-42-28-24-38(36-48(14-6,15-7)16-8)34-40(42)26-30-44(46)50-32-22-20-18-10-2;1-5(2,3)4/h23-30,33-34H,9-22,31-32,35-36H2,1-8H3;(H3,1,2,3,4)/q+2;/p-2. The average Bonchev–Trinajstić information content (AvgIpc) is 3.18. The molecule has 0 aliphatic heterocycles. The molecule has 0 atom stereocenters. The Morgan fingerprint density at radius 3 is 1.18 bits per heavy atom. The lowest BCUT2D eigenvalue weighted by molar-refractivity contribution is -0.936. The Morgan fingerprint density at radius 1 is 0.527 bits per heavy atom. The number of ether oxygens (including phenoxy) is 2. The second-order valence-corrected chi connectivity index (χ2v) is 16.1. The molecule has 0 aliphatic rings. The van der Waals surface area contributed by atoms with E-state index in [1.165, 1.54) is 82.3 Å². The van der Waals surface area contributed by atoms with Gasteiger partial charge in [-0.1, -0.05) is 88.8 Å². The van der Waals surface area contributed by atoms with Crippen molar-refractivity contribution in [3.63, 3.8) is 0 Å². The number of unbranched alkanes of at least 4 members (excludes halogenated alkanes) is 6. The summed E-state index contributed by atoms with van der Waals surface area (Å²) in [6.07, 6.45) is 9.49. The SMILES string of the molecule is CCCCCCOc1ccc2cc(C[N+](CC)(CC)CC)ccc2c1-c1c(OCCCCCC)ccc2cc(C[N+](CC)(CC)CC)ccc12.O=P([O-])([O-])O.